The van der Waals surface area contributed by atoms with Gasteiger partial charge in [0.15, 0.2) is 5.84 Å². The number of carbonyl (C=O) groups excluding carboxylic acids is 1. The van der Waals surface area contributed by atoms with Gasteiger partial charge in [-0.15, -0.1) is 11.3 Å². The van der Waals surface area contributed by atoms with E-state index in [0.717, 1.165) is 3.79 Å². The van der Waals surface area contributed by atoms with E-state index in [2.05, 4.69) is 31.5 Å². The molecular formula is C10H10BrN5O2S. The summed E-state index contributed by atoms with van der Waals surface area (Å²) < 4.78 is 2.30. The van der Waals surface area contributed by atoms with E-state index in [4.69, 9.17) is 10.9 Å². The van der Waals surface area contributed by atoms with E-state index in [1.54, 1.807) is 19.2 Å². The quantitative estimate of drug-likeness (QED) is 0.340. The zero-order valence-electron chi connectivity index (χ0n) is 9.79. The SMILES string of the molecule is Cn1ncc(C(N)=NO)c1NC(=O)c1ccc(Br)s1. The lowest BCUT2D eigenvalue weighted by molar-refractivity contribution is 0.102. The van der Waals surface area contributed by atoms with Crippen LogP contribution in [0.1, 0.15) is 15.2 Å². The number of amidine groups is 1. The number of nitrogens with two attached hydrogens (primary N) is 1. The van der Waals surface area contributed by atoms with Crippen molar-refractivity contribution >= 4 is 44.8 Å². The number of hydrogen-bond donors (Lipinski definition) is 3. The number of oxime groups is 1. The van der Waals surface area contributed by atoms with E-state index in [0.29, 0.717) is 16.3 Å². The van der Waals surface area contributed by atoms with Crippen molar-refractivity contribution in [3.63, 3.8) is 0 Å². The summed E-state index contributed by atoms with van der Waals surface area (Å²) in [6, 6.07) is 3.48. The largest absolute Gasteiger partial charge is 0.409 e. The van der Waals surface area contributed by atoms with Crippen LogP contribution in [0.15, 0.2) is 27.3 Å². The number of thiophene rings is 1. The van der Waals surface area contributed by atoms with Gasteiger partial charge in [-0.25, -0.2) is 0 Å². The Labute approximate surface area is 120 Å². The first-order valence-electron chi connectivity index (χ1n) is 5.09. The van der Waals surface area contributed by atoms with Crippen molar-refractivity contribution < 1.29 is 10.0 Å². The molecule has 0 fully saturated rings. The second-order valence-corrected chi connectivity index (χ2v) is 6.04. The monoisotopic (exact) mass is 343 g/mol. The normalized spacial score (nSPS) is 11.6. The lowest BCUT2D eigenvalue weighted by Gasteiger charge is -2.06. The average Bonchev–Trinajstić information content (AvgIpc) is 2.96. The summed E-state index contributed by atoms with van der Waals surface area (Å²) in [6.07, 6.45) is 1.41. The molecular weight excluding hydrogens is 334 g/mol. The molecule has 0 unspecified atom stereocenters. The van der Waals surface area contributed by atoms with Crippen molar-refractivity contribution in [3.8, 4) is 0 Å². The Hall–Kier alpha value is -1.87. The van der Waals surface area contributed by atoms with E-state index in [-0.39, 0.29) is 11.7 Å². The third-order valence-electron chi connectivity index (χ3n) is 2.35. The van der Waals surface area contributed by atoms with E-state index >= 15 is 0 Å². The van der Waals surface area contributed by atoms with E-state index in [1.807, 2.05) is 0 Å². The molecule has 0 aliphatic rings. The lowest BCUT2D eigenvalue weighted by Crippen LogP contribution is -2.19. The summed E-state index contributed by atoms with van der Waals surface area (Å²) in [4.78, 5) is 12.6. The number of nitrogens with one attached hydrogen (secondary N) is 1. The fraction of sp³-hybridized carbons (Fsp3) is 0.100. The van der Waals surface area contributed by atoms with Crippen molar-refractivity contribution in [1.29, 1.82) is 0 Å². The van der Waals surface area contributed by atoms with Crippen LogP contribution >= 0.6 is 27.3 Å². The molecule has 2 aromatic rings. The van der Waals surface area contributed by atoms with Gasteiger partial charge in [-0.05, 0) is 28.1 Å². The molecule has 2 aromatic heterocycles. The van der Waals surface area contributed by atoms with Crippen LogP contribution in [-0.4, -0.2) is 26.7 Å². The Morgan fingerprint density at radius 3 is 2.95 bits per heavy atom. The van der Waals surface area contributed by atoms with Gasteiger partial charge in [-0.2, -0.15) is 5.10 Å². The van der Waals surface area contributed by atoms with Crippen molar-refractivity contribution in [1.82, 2.24) is 9.78 Å². The van der Waals surface area contributed by atoms with E-state index in [1.165, 1.54) is 22.2 Å². The van der Waals surface area contributed by atoms with Crippen LogP contribution in [0.25, 0.3) is 0 Å². The first-order valence-corrected chi connectivity index (χ1v) is 6.70. The minimum Gasteiger partial charge on any atom is -0.409 e. The molecule has 0 saturated heterocycles. The number of nitrogens with zero attached hydrogens (tertiary/aromatic N) is 3. The predicted molar refractivity (Wildman–Crippen MR) is 75.7 cm³/mol. The second kappa shape index (κ2) is 5.41. The van der Waals surface area contributed by atoms with Crippen LogP contribution in [0.5, 0.6) is 0 Å². The Kier molecular flexibility index (Phi) is 3.86. The first-order chi connectivity index (χ1) is 9.02. The average molecular weight is 344 g/mol. The van der Waals surface area contributed by atoms with Gasteiger partial charge in [-0.1, -0.05) is 5.16 Å². The van der Waals surface area contributed by atoms with Gasteiger partial charge in [0.2, 0.25) is 0 Å². The summed E-state index contributed by atoms with van der Waals surface area (Å²) in [5.74, 6) is -0.0353. The number of amides is 1. The Balaban J connectivity index is 2.29. The molecule has 0 aliphatic heterocycles. The molecule has 0 radical (unpaired) electrons. The van der Waals surface area contributed by atoms with Crippen molar-refractivity contribution in [3.05, 3.63) is 32.6 Å². The number of aromatic nitrogens is 2. The van der Waals surface area contributed by atoms with Crippen molar-refractivity contribution in [2.75, 3.05) is 5.32 Å². The van der Waals surface area contributed by atoms with Gasteiger partial charge in [0.1, 0.15) is 5.82 Å². The smallest absolute Gasteiger partial charge is 0.266 e. The Bertz CT molecular complexity index is 648. The number of hydrogen-bond acceptors (Lipinski definition) is 5. The summed E-state index contributed by atoms with van der Waals surface area (Å²) in [7, 11) is 1.65. The zero-order chi connectivity index (χ0) is 14.0. The Morgan fingerprint density at radius 2 is 2.37 bits per heavy atom. The van der Waals surface area contributed by atoms with E-state index < -0.39 is 0 Å². The zero-order valence-corrected chi connectivity index (χ0v) is 12.2. The van der Waals surface area contributed by atoms with Crippen LogP contribution in [0, 0.1) is 0 Å². The first kappa shape index (κ1) is 13.6. The van der Waals surface area contributed by atoms with Gasteiger partial charge >= 0.3 is 0 Å². The topological polar surface area (TPSA) is 106 Å². The number of aryl methyl sites for hydroxylation is 1. The van der Waals surface area contributed by atoms with Gasteiger partial charge in [0.25, 0.3) is 5.91 Å². The molecule has 0 aliphatic carbocycles. The predicted octanol–water partition coefficient (Wildman–Crippen LogP) is 1.59. The van der Waals surface area contributed by atoms with Gasteiger partial charge in [0, 0.05) is 7.05 Å². The van der Waals surface area contributed by atoms with Crippen LogP contribution in [-0.2, 0) is 7.05 Å². The van der Waals surface area contributed by atoms with Crippen LogP contribution < -0.4 is 11.1 Å². The van der Waals surface area contributed by atoms with Gasteiger partial charge in [0.05, 0.1) is 20.4 Å². The minimum atomic E-state index is -0.286. The summed E-state index contributed by atoms with van der Waals surface area (Å²) in [5, 5.41) is 18.2. The minimum absolute atomic E-state index is 0.115. The third kappa shape index (κ3) is 2.76. The lowest BCUT2D eigenvalue weighted by atomic mass is 10.3. The summed E-state index contributed by atoms with van der Waals surface area (Å²) in [5.41, 5.74) is 5.87. The van der Waals surface area contributed by atoms with E-state index in [9.17, 15) is 4.79 Å². The maximum Gasteiger partial charge on any atom is 0.266 e. The molecule has 100 valence electrons. The maximum absolute atomic E-state index is 12.0. The highest BCUT2D eigenvalue weighted by molar-refractivity contribution is 9.11. The molecule has 9 heteroatoms. The number of halogens is 1. The highest BCUT2D eigenvalue weighted by Gasteiger charge is 2.17. The highest BCUT2D eigenvalue weighted by Crippen LogP contribution is 2.23. The molecule has 0 aromatic carbocycles. The van der Waals surface area contributed by atoms with Crippen LogP contribution in [0.4, 0.5) is 5.82 Å². The van der Waals surface area contributed by atoms with Gasteiger partial charge < -0.3 is 16.3 Å². The fourth-order valence-electron chi connectivity index (χ4n) is 1.43. The molecule has 7 nitrogen and oxygen atoms in total. The third-order valence-corrected chi connectivity index (χ3v) is 3.97. The molecule has 4 N–H and O–H groups in total. The molecule has 2 heterocycles. The number of anilines is 1. The summed E-state index contributed by atoms with van der Waals surface area (Å²) >= 11 is 4.60. The maximum atomic E-state index is 12.0. The van der Waals surface area contributed by atoms with Crippen LogP contribution in [0.2, 0.25) is 0 Å². The second-order valence-electron chi connectivity index (χ2n) is 3.57. The molecule has 0 atom stereocenters. The fourth-order valence-corrected chi connectivity index (χ4v) is 2.71. The molecule has 0 saturated carbocycles. The number of carbonyl (C=O) groups is 1. The van der Waals surface area contributed by atoms with Gasteiger partial charge in [-0.3, -0.25) is 9.48 Å². The molecule has 19 heavy (non-hydrogen) atoms. The van der Waals surface area contributed by atoms with Crippen molar-refractivity contribution in [2.45, 2.75) is 0 Å². The standard InChI is InChI=1S/C10H10BrN5O2S/c1-16-9(5(4-13-16)8(12)15-18)14-10(17)6-2-3-7(11)19-6/h2-4,18H,1H3,(H2,12,15)(H,14,17). The van der Waals surface area contributed by atoms with Crippen molar-refractivity contribution in [2.24, 2.45) is 17.9 Å². The summed E-state index contributed by atoms with van der Waals surface area (Å²) in [6.45, 7) is 0. The molecule has 2 rings (SSSR count). The molecule has 0 spiro atoms. The highest BCUT2D eigenvalue weighted by atomic mass is 79.9. The number of rotatable bonds is 3. The van der Waals surface area contributed by atoms with Crippen LogP contribution in [0.3, 0.4) is 0 Å². The molecule has 1 amide bonds. The Morgan fingerprint density at radius 1 is 1.63 bits per heavy atom. The molecule has 0 bridgehead atoms.